The maximum absolute atomic E-state index is 10.0. The Balaban J connectivity index is 3.87. The maximum Gasteiger partial charge on any atom is 0.399 e. The minimum atomic E-state index is -4.37. The second kappa shape index (κ2) is 3.87. The van der Waals surface area contributed by atoms with Crippen molar-refractivity contribution in [1.82, 2.24) is 0 Å². The van der Waals surface area contributed by atoms with Crippen LogP contribution < -0.4 is 0 Å². The van der Waals surface area contributed by atoms with Gasteiger partial charge >= 0.3 is 10.4 Å². The van der Waals surface area contributed by atoms with Crippen molar-refractivity contribution in [2.24, 2.45) is 0 Å². The summed E-state index contributed by atoms with van der Waals surface area (Å²) in [4.78, 5) is 0. The van der Waals surface area contributed by atoms with Gasteiger partial charge in [0.15, 0.2) is 6.29 Å². The third-order valence-corrected chi connectivity index (χ3v) is 1.28. The molecule has 0 radical (unpaired) electrons. The topological polar surface area (TPSA) is 72.8 Å². The molecule has 0 heterocycles. The van der Waals surface area contributed by atoms with Crippen LogP contribution in [0.2, 0.25) is 0 Å². The van der Waals surface area contributed by atoms with Gasteiger partial charge in [-0.25, -0.2) is 4.18 Å². The van der Waals surface area contributed by atoms with Crippen LogP contribution in [0.1, 0.15) is 13.3 Å². The molecule has 6 heteroatoms. The first-order valence-electron chi connectivity index (χ1n) is 2.68. The molecule has 10 heavy (non-hydrogen) atoms. The van der Waals surface area contributed by atoms with Gasteiger partial charge in [0.25, 0.3) is 0 Å². The van der Waals surface area contributed by atoms with Gasteiger partial charge in [-0.05, 0) is 6.42 Å². The Bertz CT molecular complexity index is 168. The molecule has 0 bridgehead atoms. The molecule has 0 aliphatic rings. The van der Waals surface area contributed by atoms with E-state index in [0.717, 1.165) is 0 Å². The smallest absolute Gasteiger partial charge is 0.355 e. The zero-order valence-corrected chi connectivity index (χ0v) is 6.59. The quantitative estimate of drug-likeness (QED) is 0.481. The fourth-order valence-corrected chi connectivity index (χ4v) is 0.896. The molecule has 0 aliphatic heterocycles. The van der Waals surface area contributed by atoms with Crippen LogP contribution in [-0.4, -0.2) is 26.4 Å². The van der Waals surface area contributed by atoms with Crippen LogP contribution in [0, 0.1) is 0 Å². The molecule has 62 valence electrons. The van der Waals surface area contributed by atoms with Crippen LogP contribution in [-0.2, 0) is 19.3 Å². The molecule has 1 atom stereocenters. The normalized spacial score (nSPS) is 15.1. The van der Waals surface area contributed by atoms with Gasteiger partial charge in [0.2, 0.25) is 0 Å². The number of methoxy groups -OCH3 is 1. The van der Waals surface area contributed by atoms with Crippen LogP contribution >= 0.6 is 0 Å². The summed E-state index contributed by atoms with van der Waals surface area (Å²) in [6.07, 6.45) is -0.536. The monoisotopic (exact) mass is 170 g/mol. The second-order valence-corrected chi connectivity index (χ2v) is 2.65. The summed E-state index contributed by atoms with van der Waals surface area (Å²) in [6, 6.07) is 0. The van der Waals surface area contributed by atoms with Gasteiger partial charge in [-0.2, -0.15) is 8.42 Å². The van der Waals surface area contributed by atoms with E-state index in [1.807, 2.05) is 0 Å². The lowest BCUT2D eigenvalue weighted by atomic mass is 10.5. The molecule has 0 aromatic rings. The second-order valence-electron chi connectivity index (χ2n) is 1.60. The van der Waals surface area contributed by atoms with Crippen molar-refractivity contribution in [3.05, 3.63) is 0 Å². The fourth-order valence-electron chi connectivity index (χ4n) is 0.410. The van der Waals surface area contributed by atoms with Crippen molar-refractivity contribution < 1.29 is 21.9 Å². The molecule has 0 spiro atoms. The maximum atomic E-state index is 10.0. The van der Waals surface area contributed by atoms with E-state index >= 15 is 0 Å². The summed E-state index contributed by atoms with van der Waals surface area (Å²) in [6.45, 7) is 1.67. The molecule has 0 fully saturated rings. The predicted octanol–water partition coefficient (Wildman–Crippen LogP) is 0.188. The van der Waals surface area contributed by atoms with E-state index in [2.05, 4.69) is 8.92 Å². The molecule has 0 amide bonds. The molecule has 1 unspecified atom stereocenters. The van der Waals surface area contributed by atoms with E-state index in [9.17, 15) is 8.42 Å². The largest absolute Gasteiger partial charge is 0.399 e. The molecule has 1 N–H and O–H groups in total. The van der Waals surface area contributed by atoms with Gasteiger partial charge < -0.3 is 4.74 Å². The van der Waals surface area contributed by atoms with Crippen LogP contribution in [0.3, 0.4) is 0 Å². The number of ether oxygens (including phenoxy) is 1. The Morgan fingerprint density at radius 1 is 1.60 bits per heavy atom. The third kappa shape index (κ3) is 4.68. The summed E-state index contributed by atoms with van der Waals surface area (Å²) in [7, 11) is -3.08. The Hall–Kier alpha value is -0.170. The molecule has 0 aromatic heterocycles. The highest BCUT2D eigenvalue weighted by Gasteiger charge is 2.13. The molecule has 0 aliphatic carbocycles. The highest BCUT2D eigenvalue weighted by molar-refractivity contribution is 7.80. The fraction of sp³-hybridized carbons (Fsp3) is 1.00. The minimum Gasteiger partial charge on any atom is -0.355 e. The summed E-state index contributed by atoms with van der Waals surface area (Å²) >= 11 is 0. The van der Waals surface area contributed by atoms with Crippen molar-refractivity contribution in [1.29, 1.82) is 0 Å². The van der Waals surface area contributed by atoms with Crippen molar-refractivity contribution in [3.63, 3.8) is 0 Å². The molecule has 0 rings (SSSR count). The van der Waals surface area contributed by atoms with Gasteiger partial charge in [-0.15, -0.1) is 0 Å². The SMILES string of the molecule is CCC(OC)OS(=O)(=O)O. The van der Waals surface area contributed by atoms with Crippen LogP contribution in [0.25, 0.3) is 0 Å². The average molecular weight is 170 g/mol. The van der Waals surface area contributed by atoms with Crippen molar-refractivity contribution in [2.75, 3.05) is 7.11 Å². The Morgan fingerprint density at radius 3 is 2.20 bits per heavy atom. The van der Waals surface area contributed by atoms with E-state index in [-0.39, 0.29) is 0 Å². The van der Waals surface area contributed by atoms with Crippen LogP contribution in [0.15, 0.2) is 0 Å². The minimum absolute atomic E-state index is 0.357. The van der Waals surface area contributed by atoms with E-state index in [4.69, 9.17) is 4.55 Å². The zero-order chi connectivity index (χ0) is 8.20. The van der Waals surface area contributed by atoms with Crippen LogP contribution in [0.5, 0.6) is 0 Å². The van der Waals surface area contributed by atoms with Gasteiger partial charge in [0.1, 0.15) is 0 Å². The summed E-state index contributed by atoms with van der Waals surface area (Å²) in [5.74, 6) is 0. The number of hydrogen-bond donors (Lipinski definition) is 1. The zero-order valence-electron chi connectivity index (χ0n) is 5.77. The van der Waals surface area contributed by atoms with Gasteiger partial charge in [-0.3, -0.25) is 4.55 Å². The third-order valence-electron chi connectivity index (χ3n) is 0.825. The molecule has 0 saturated carbocycles. The molecular weight excluding hydrogens is 160 g/mol. The first-order valence-corrected chi connectivity index (χ1v) is 4.04. The first kappa shape index (κ1) is 9.83. The Kier molecular flexibility index (Phi) is 3.80. The molecule has 0 saturated heterocycles. The Morgan fingerprint density at radius 2 is 2.10 bits per heavy atom. The van der Waals surface area contributed by atoms with Crippen molar-refractivity contribution in [2.45, 2.75) is 19.6 Å². The lowest BCUT2D eigenvalue weighted by Crippen LogP contribution is -2.18. The van der Waals surface area contributed by atoms with E-state index in [1.54, 1.807) is 6.92 Å². The summed E-state index contributed by atoms with van der Waals surface area (Å²) in [5.41, 5.74) is 0. The van der Waals surface area contributed by atoms with Crippen molar-refractivity contribution >= 4 is 10.4 Å². The molecule has 5 nitrogen and oxygen atoms in total. The standard InChI is InChI=1S/C4H10O5S/c1-3-4(8-2)9-10(5,6)7/h4H,3H2,1-2H3,(H,5,6,7). The number of hydrogen-bond acceptors (Lipinski definition) is 4. The van der Waals surface area contributed by atoms with E-state index in [0.29, 0.717) is 6.42 Å². The molecular formula is C4H10O5S. The summed E-state index contributed by atoms with van der Waals surface area (Å²) in [5, 5.41) is 0. The van der Waals surface area contributed by atoms with Crippen LogP contribution in [0.4, 0.5) is 0 Å². The van der Waals surface area contributed by atoms with Crippen molar-refractivity contribution in [3.8, 4) is 0 Å². The average Bonchev–Trinajstić information content (AvgIpc) is 1.81. The van der Waals surface area contributed by atoms with E-state index < -0.39 is 16.7 Å². The first-order chi connectivity index (χ1) is 4.49. The van der Waals surface area contributed by atoms with E-state index in [1.165, 1.54) is 7.11 Å². The predicted molar refractivity (Wildman–Crippen MR) is 33.7 cm³/mol. The van der Waals surface area contributed by atoms with Gasteiger partial charge in [-0.1, -0.05) is 6.92 Å². The highest BCUT2D eigenvalue weighted by Crippen LogP contribution is 2.01. The summed E-state index contributed by atoms with van der Waals surface area (Å²) < 4.78 is 36.7. The Labute approximate surface area is 59.9 Å². The lowest BCUT2D eigenvalue weighted by Gasteiger charge is -2.09. The van der Waals surface area contributed by atoms with Gasteiger partial charge in [0.05, 0.1) is 0 Å². The molecule has 0 aromatic carbocycles. The number of rotatable bonds is 4. The van der Waals surface area contributed by atoms with Gasteiger partial charge in [0, 0.05) is 7.11 Å². The lowest BCUT2D eigenvalue weighted by molar-refractivity contribution is -0.0563. The highest BCUT2D eigenvalue weighted by atomic mass is 32.3.